The lowest BCUT2D eigenvalue weighted by Gasteiger charge is -2.12. The summed E-state index contributed by atoms with van der Waals surface area (Å²) in [4.78, 5) is 0.987. The molecular formula is C14H18FN5S. The molecule has 0 aliphatic heterocycles. The van der Waals surface area contributed by atoms with Crippen LogP contribution in [-0.2, 0) is 6.54 Å². The maximum atomic E-state index is 13.5. The summed E-state index contributed by atoms with van der Waals surface area (Å²) >= 11 is 1.50. The first-order chi connectivity index (χ1) is 10.1. The molecule has 1 aromatic heterocycles. The highest BCUT2D eigenvalue weighted by molar-refractivity contribution is 7.99. The molecule has 5 nitrogen and oxygen atoms in total. The number of nitrogens with zero attached hydrogens (tertiary/aromatic N) is 4. The second kappa shape index (κ2) is 6.11. The minimum atomic E-state index is -0.221. The maximum Gasteiger partial charge on any atom is 0.214 e. The van der Waals surface area contributed by atoms with Crippen LogP contribution in [0, 0.1) is 5.82 Å². The van der Waals surface area contributed by atoms with E-state index >= 15 is 0 Å². The molecule has 1 aromatic carbocycles. The predicted octanol–water partition coefficient (Wildman–Crippen LogP) is 2.80. The van der Waals surface area contributed by atoms with Gasteiger partial charge in [-0.1, -0.05) is 13.8 Å². The van der Waals surface area contributed by atoms with Crippen LogP contribution in [0.3, 0.4) is 0 Å². The van der Waals surface area contributed by atoms with E-state index in [-0.39, 0.29) is 5.82 Å². The monoisotopic (exact) mass is 307 g/mol. The predicted molar refractivity (Wildman–Crippen MR) is 78.6 cm³/mol. The fourth-order valence-corrected chi connectivity index (χ4v) is 2.95. The zero-order valence-electron chi connectivity index (χ0n) is 12.1. The number of benzene rings is 1. The molecule has 1 fully saturated rings. The van der Waals surface area contributed by atoms with Crippen molar-refractivity contribution in [3.63, 3.8) is 0 Å². The quantitative estimate of drug-likeness (QED) is 0.889. The molecule has 21 heavy (non-hydrogen) atoms. The van der Waals surface area contributed by atoms with Crippen molar-refractivity contribution < 1.29 is 4.39 Å². The Morgan fingerprint density at radius 3 is 2.95 bits per heavy atom. The van der Waals surface area contributed by atoms with Crippen LogP contribution in [0.25, 0.3) is 0 Å². The van der Waals surface area contributed by atoms with Crippen LogP contribution in [0.2, 0.25) is 0 Å². The molecule has 1 saturated carbocycles. The Hall–Kier alpha value is -1.47. The van der Waals surface area contributed by atoms with E-state index in [0.717, 1.165) is 28.5 Å². The van der Waals surface area contributed by atoms with Crippen LogP contribution >= 0.6 is 11.8 Å². The van der Waals surface area contributed by atoms with Gasteiger partial charge in [-0.3, -0.25) is 0 Å². The van der Waals surface area contributed by atoms with Gasteiger partial charge in [-0.25, -0.2) is 9.07 Å². The molecule has 0 saturated heterocycles. The molecule has 1 N–H and O–H groups in total. The molecule has 0 radical (unpaired) electrons. The number of aromatic nitrogens is 4. The van der Waals surface area contributed by atoms with Gasteiger partial charge in [0.25, 0.3) is 0 Å². The molecule has 7 heteroatoms. The van der Waals surface area contributed by atoms with Gasteiger partial charge in [-0.2, -0.15) is 0 Å². The Morgan fingerprint density at radius 1 is 1.43 bits per heavy atom. The lowest BCUT2D eigenvalue weighted by molar-refractivity contribution is 0.564. The van der Waals surface area contributed by atoms with E-state index in [0.29, 0.717) is 18.6 Å². The van der Waals surface area contributed by atoms with Crippen molar-refractivity contribution in [2.24, 2.45) is 0 Å². The smallest absolute Gasteiger partial charge is 0.214 e. The summed E-state index contributed by atoms with van der Waals surface area (Å²) in [5.74, 6) is -0.221. The Morgan fingerprint density at radius 2 is 2.24 bits per heavy atom. The van der Waals surface area contributed by atoms with Crippen LogP contribution in [0.1, 0.15) is 38.3 Å². The summed E-state index contributed by atoms with van der Waals surface area (Å²) in [7, 11) is 0. The molecule has 0 bridgehead atoms. The molecule has 3 rings (SSSR count). The molecule has 112 valence electrons. The minimum Gasteiger partial charge on any atom is -0.310 e. The van der Waals surface area contributed by atoms with Crippen molar-refractivity contribution in [1.29, 1.82) is 0 Å². The molecular weight excluding hydrogens is 289 g/mol. The zero-order chi connectivity index (χ0) is 14.8. The van der Waals surface area contributed by atoms with Crippen molar-refractivity contribution in [2.75, 3.05) is 0 Å². The molecule has 1 heterocycles. The third-order valence-electron chi connectivity index (χ3n) is 3.28. The van der Waals surface area contributed by atoms with Gasteiger partial charge in [0.05, 0.1) is 6.04 Å². The summed E-state index contributed by atoms with van der Waals surface area (Å²) in [6.07, 6.45) is 2.26. The Kier molecular flexibility index (Phi) is 4.21. The van der Waals surface area contributed by atoms with E-state index in [1.807, 2.05) is 4.68 Å². The third kappa shape index (κ3) is 3.59. The van der Waals surface area contributed by atoms with Crippen molar-refractivity contribution >= 4 is 11.8 Å². The molecule has 0 unspecified atom stereocenters. The van der Waals surface area contributed by atoms with Gasteiger partial charge in [0, 0.05) is 17.5 Å². The first kappa shape index (κ1) is 14.5. The number of nitrogens with one attached hydrogen (secondary N) is 1. The van der Waals surface area contributed by atoms with Crippen LogP contribution in [0.15, 0.2) is 28.3 Å². The minimum absolute atomic E-state index is 0.221. The third-order valence-corrected chi connectivity index (χ3v) is 4.35. The van der Waals surface area contributed by atoms with Gasteiger partial charge in [-0.05, 0) is 58.8 Å². The van der Waals surface area contributed by atoms with Crippen LogP contribution in [-0.4, -0.2) is 26.2 Å². The largest absolute Gasteiger partial charge is 0.310 e. The molecule has 2 aromatic rings. The first-order valence-electron chi connectivity index (χ1n) is 7.11. The number of hydrogen-bond acceptors (Lipinski definition) is 5. The number of halogens is 1. The van der Waals surface area contributed by atoms with Gasteiger partial charge in [0.1, 0.15) is 5.82 Å². The number of hydrogen-bond donors (Lipinski definition) is 1. The molecule has 0 spiro atoms. The van der Waals surface area contributed by atoms with E-state index in [1.54, 1.807) is 12.1 Å². The van der Waals surface area contributed by atoms with Crippen LogP contribution < -0.4 is 5.32 Å². The highest BCUT2D eigenvalue weighted by Crippen LogP contribution is 2.38. The van der Waals surface area contributed by atoms with Crippen LogP contribution in [0.4, 0.5) is 4.39 Å². The fourth-order valence-electron chi connectivity index (χ4n) is 2.00. The summed E-state index contributed by atoms with van der Waals surface area (Å²) in [5, 5.41) is 16.0. The Labute approximate surface area is 127 Å². The lowest BCUT2D eigenvalue weighted by Crippen LogP contribution is -2.22. The van der Waals surface area contributed by atoms with E-state index in [9.17, 15) is 4.39 Å². The first-order valence-corrected chi connectivity index (χ1v) is 7.92. The van der Waals surface area contributed by atoms with Crippen LogP contribution in [0.5, 0.6) is 0 Å². The van der Waals surface area contributed by atoms with Gasteiger partial charge in [0.2, 0.25) is 5.16 Å². The standard InChI is InChI=1S/C14H18FN5S/c1-9(2)16-8-10-7-11(15)3-6-13(10)21-14-17-18-19-20(14)12-4-5-12/h3,6-7,9,12,16H,4-5,8H2,1-2H3. The van der Waals surface area contributed by atoms with Crippen molar-refractivity contribution in [1.82, 2.24) is 25.5 Å². The van der Waals surface area contributed by atoms with E-state index in [2.05, 4.69) is 34.7 Å². The maximum absolute atomic E-state index is 13.5. The average Bonchev–Trinajstić information content (AvgIpc) is 3.19. The zero-order valence-corrected chi connectivity index (χ0v) is 12.9. The Bertz CT molecular complexity index is 624. The normalized spacial score (nSPS) is 14.9. The summed E-state index contributed by atoms with van der Waals surface area (Å²) in [6, 6.07) is 5.63. The van der Waals surface area contributed by atoms with Gasteiger partial charge < -0.3 is 5.32 Å². The van der Waals surface area contributed by atoms with Crippen molar-refractivity contribution in [3.8, 4) is 0 Å². The second-order valence-corrected chi connectivity index (χ2v) is 6.54. The summed E-state index contributed by atoms with van der Waals surface area (Å²) in [5.41, 5.74) is 0.930. The van der Waals surface area contributed by atoms with Gasteiger partial charge >= 0.3 is 0 Å². The SMILES string of the molecule is CC(C)NCc1cc(F)ccc1Sc1nnnn1C1CC1. The highest BCUT2D eigenvalue weighted by atomic mass is 32.2. The highest BCUT2D eigenvalue weighted by Gasteiger charge is 2.28. The molecule has 1 aliphatic rings. The summed E-state index contributed by atoms with van der Waals surface area (Å²) < 4.78 is 15.4. The number of rotatable bonds is 6. The second-order valence-electron chi connectivity index (χ2n) is 5.53. The van der Waals surface area contributed by atoms with Crippen molar-refractivity contribution in [3.05, 3.63) is 29.6 Å². The molecule has 1 aliphatic carbocycles. The molecule has 0 atom stereocenters. The van der Waals surface area contributed by atoms with Gasteiger partial charge in [0.15, 0.2) is 0 Å². The Balaban J connectivity index is 1.81. The van der Waals surface area contributed by atoms with Gasteiger partial charge in [-0.15, -0.1) is 5.10 Å². The van der Waals surface area contributed by atoms with E-state index in [1.165, 1.54) is 17.8 Å². The van der Waals surface area contributed by atoms with E-state index in [4.69, 9.17) is 0 Å². The number of tetrazole rings is 1. The van der Waals surface area contributed by atoms with Crippen molar-refractivity contribution in [2.45, 2.75) is 55.4 Å². The van der Waals surface area contributed by atoms with E-state index < -0.39 is 0 Å². The lowest BCUT2D eigenvalue weighted by atomic mass is 10.2. The molecule has 0 amide bonds. The topological polar surface area (TPSA) is 55.6 Å². The summed E-state index contributed by atoms with van der Waals surface area (Å²) in [6.45, 7) is 4.77. The average molecular weight is 307 g/mol. The fraction of sp³-hybridized carbons (Fsp3) is 0.500.